The molecular formula is C14H9N. The molecule has 1 aliphatic rings. The number of nitrogens with zero attached hydrogens (tertiary/aromatic N) is 1. The van der Waals surface area contributed by atoms with E-state index >= 15 is 0 Å². The van der Waals surface area contributed by atoms with E-state index in [1.807, 2.05) is 24.3 Å². The molecule has 1 aliphatic carbocycles. The van der Waals surface area contributed by atoms with E-state index in [1.54, 1.807) is 0 Å². The maximum atomic E-state index is 9.07. The number of benzene rings is 2. The number of rotatable bonds is 0. The van der Waals surface area contributed by atoms with E-state index < -0.39 is 0 Å². The summed E-state index contributed by atoms with van der Waals surface area (Å²) in [5.74, 6) is -0.0939. The van der Waals surface area contributed by atoms with Gasteiger partial charge in [-0.2, -0.15) is 5.26 Å². The molecule has 0 fully saturated rings. The summed E-state index contributed by atoms with van der Waals surface area (Å²) in [5.41, 5.74) is 2.35. The average Bonchev–Trinajstić information content (AvgIpc) is 2.30. The summed E-state index contributed by atoms with van der Waals surface area (Å²) in [6.45, 7) is 0. The summed E-state index contributed by atoms with van der Waals surface area (Å²) >= 11 is 0. The van der Waals surface area contributed by atoms with Gasteiger partial charge in [0.25, 0.3) is 0 Å². The predicted molar refractivity (Wildman–Crippen MR) is 61.3 cm³/mol. The molecule has 0 bridgehead atoms. The Balaban J connectivity index is 2.47. The Bertz CT molecular complexity index is 597. The zero-order valence-corrected chi connectivity index (χ0v) is 8.14. The van der Waals surface area contributed by atoms with Crippen molar-refractivity contribution in [2.75, 3.05) is 0 Å². The number of allylic oxidation sites excluding steroid dienone is 1. The number of nitriles is 1. The first kappa shape index (κ1) is 8.26. The molecule has 0 saturated heterocycles. The molecule has 1 nitrogen and oxygen atoms in total. The Hall–Kier alpha value is -2.07. The van der Waals surface area contributed by atoms with Crippen molar-refractivity contribution in [3.8, 4) is 6.07 Å². The van der Waals surface area contributed by atoms with E-state index in [9.17, 15) is 0 Å². The van der Waals surface area contributed by atoms with Crippen molar-refractivity contribution in [1.82, 2.24) is 0 Å². The van der Waals surface area contributed by atoms with E-state index in [0.29, 0.717) is 0 Å². The van der Waals surface area contributed by atoms with Gasteiger partial charge in [-0.05, 0) is 21.9 Å². The molecule has 1 atom stereocenters. The van der Waals surface area contributed by atoms with Crippen LogP contribution in [0.3, 0.4) is 0 Å². The van der Waals surface area contributed by atoms with Crippen molar-refractivity contribution in [3.63, 3.8) is 0 Å². The smallest absolute Gasteiger partial charge is 0.0903 e. The van der Waals surface area contributed by atoms with Crippen LogP contribution in [0.4, 0.5) is 0 Å². The Morgan fingerprint density at radius 3 is 2.67 bits per heavy atom. The predicted octanol–water partition coefficient (Wildman–Crippen LogP) is 3.47. The Labute approximate surface area is 88.3 Å². The lowest BCUT2D eigenvalue weighted by atomic mass is 9.87. The highest BCUT2D eigenvalue weighted by Crippen LogP contribution is 2.33. The van der Waals surface area contributed by atoms with Gasteiger partial charge < -0.3 is 0 Å². The standard InChI is InChI=1S/C14H9N/c15-9-12-8-7-11-4-1-3-10-5-2-6-13(12)14(10)11/h1-8,12H. The quantitative estimate of drug-likeness (QED) is 0.625. The fraction of sp³-hybridized carbons (Fsp3) is 0.0714. The summed E-state index contributed by atoms with van der Waals surface area (Å²) in [5, 5.41) is 11.5. The number of hydrogen-bond donors (Lipinski definition) is 0. The highest BCUT2D eigenvalue weighted by Gasteiger charge is 2.15. The minimum Gasteiger partial charge on any atom is -0.197 e. The first-order chi connectivity index (χ1) is 7.40. The zero-order valence-electron chi connectivity index (χ0n) is 8.14. The van der Waals surface area contributed by atoms with Crippen LogP contribution in [0.1, 0.15) is 17.0 Å². The second kappa shape index (κ2) is 2.96. The van der Waals surface area contributed by atoms with Crippen LogP contribution in [-0.4, -0.2) is 0 Å². The molecule has 1 heteroatoms. The van der Waals surface area contributed by atoms with Gasteiger partial charge in [0, 0.05) is 0 Å². The summed E-state index contributed by atoms with van der Waals surface area (Å²) in [7, 11) is 0. The minimum absolute atomic E-state index is 0.0939. The first-order valence-corrected chi connectivity index (χ1v) is 4.99. The molecule has 0 N–H and O–H groups in total. The summed E-state index contributed by atoms with van der Waals surface area (Å²) in [6, 6.07) is 14.7. The van der Waals surface area contributed by atoms with Gasteiger partial charge in [-0.25, -0.2) is 0 Å². The van der Waals surface area contributed by atoms with Crippen LogP contribution in [0.5, 0.6) is 0 Å². The zero-order chi connectivity index (χ0) is 10.3. The summed E-state index contributed by atoms with van der Waals surface area (Å²) in [4.78, 5) is 0. The molecule has 0 amide bonds. The maximum Gasteiger partial charge on any atom is 0.0903 e. The molecule has 15 heavy (non-hydrogen) atoms. The van der Waals surface area contributed by atoms with Crippen LogP contribution in [0.25, 0.3) is 16.8 Å². The van der Waals surface area contributed by atoms with E-state index in [4.69, 9.17) is 5.26 Å². The normalized spacial score (nSPS) is 17.7. The topological polar surface area (TPSA) is 23.8 Å². The van der Waals surface area contributed by atoms with Gasteiger partial charge in [-0.3, -0.25) is 0 Å². The van der Waals surface area contributed by atoms with Crippen LogP contribution in [0, 0.1) is 11.3 Å². The Kier molecular flexibility index (Phi) is 1.63. The van der Waals surface area contributed by atoms with Crippen LogP contribution in [-0.2, 0) is 0 Å². The lowest BCUT2D eigenvalue weighted by Gasteiger charge is -2.15. The Morgan fingerprint density at radius 2 is 1.87 bits per heavy atom. The molecule has 2 aromatic carbocycles. The molecule has 3 rings (SSSR count). The van der Waals surface area contributed by atoms with Crippen LogP contribution >= 0.6 is 0 Å². The van der Waals surface area contributed by atoms with Crippen molar-refractivity contribution in [2.45, 2.75) is 5.92 Å². The fourth-order valence-electron chi connectivity index (χ4n) is 2.21. The molecule has 0 aliphatic heterocycles. The van der Waals surface area contributed by atoms with Gasteiger partial charge in [0.2, 0.25) is 0 Å². The summed E-state index contributed by atoms with van der Waals surface area (Å²) < 4.78 is 0. The fourth-order valence-corrected chi connectivity index (χ4v) is 2.21. The number of hydrogen-bond acceptors (Lipinski definition) is 1. The third-order valence-corrected chi connectivity index (χ3v) is 2.91. The second-order valence-corrected chi connectivity index (χ2v) is 3.76. The molecule has 0 saturated carbocycles. The molecule has 0 aromatic heterocycles. The lowest BCUT2D eigenvalue weighted by Crippen LogP contribution is -1.98. The minimum atomic E-state index is -0.0939. The van der Waals surface area contributed by atoms with Gasteiger partial charge in [-0.15, -0.1) is 0 Å². The van der Waals surface area contributed by atoms with Gasteiger partial charge in [-0.1, -0.05) is 48.6 Å². The van der Waals surface area contributed by atoms with Gasteiger partial charge >= 0.3 is 0 Å². The molecule has 0 spiro atoms. The first-order valence-electron chi connectivity index (χ1n) is 4.99. The summed E-state index contributed by atoms with van der Waals surface area (Å²) in [6.07, 6.45) is 4.01. The molecule has 0 heterocycles. The van der Waals surface area contributed by atoms with Crippen LogP contribution in [0.2, 0.25) is 0 Å². The highest BCUT2D eigenvalue weighted by molar-refractivity contribution is 5.96. The molecule has 1 unspecified atom stereocenters. The third kappa shape index (κ3) is 1.08. The van der Waals surface area contributed by atoms with E-state index in [1.165, 1.54) is 16.3 Å². The van der Waals surface area contributed by atoms with Crippen molar-refractivity contribution in [3.05, 3.63) is 53.6 Å². The average molecular weight is 191 g/mol. The SMILES string of the molecule is N#CC1C=Cc2cccc3cccc1c23. The monoisotopic (exact) mass is 191 g/mol. The van der Waals surface area contributed by atoms with Crippen LogP contribution in [0.15, 0.2) is 42.5 Å². The van der Waals surface area contributed by atoms with Crippen molar-refractivity contribution in [1.29, 1.82) is 5.26 Å². The lowest BCUT2D eigenvalue weighted by molar-refractivity contribution is 1.11. The van der Waals surface area contributed by atoms with E-state index in [2.05, 4.69) is 30.3 Å². The largest absolute Gasteiger partial charge is 0.197 e. The van der Waals surface area contributed by atoms with Gasteiger partial charge in [0.15, 0.2) is 0 Å². The molecule has 0 radical (unpaired) electrons. The van der Waals surface area contributed by atoms with E-state index in [-0.39, 0.29) is 5.92 Å². The van der Waals surface area contributed by atoms with Crippen LogP contribution < -0.4 is 0 Å². The van der Waals surface area contributed by atoms with E-state index in [0.717, 1.165) is 5.56 Å². The van der Waals surface area contributed by atoms with Crippen molar-refractivity contribution < 1.29 is 0 Å². The Morgan fingerprint density at radius 1 is 1.07 bits per heavy atom. The third-order valence-electron chi connectivity index (χ3n) is 2.91. The molecule has 2 aromatic rings. The molecule has 70 valence electrons. The second-order valence-electron chi connectivity index (χ2n) is 3.76. The highest BCUT2D eigenvalue weighted by atomic mass is 14.3. The van der Waals surface area contributed by atoms with Crippen molar-refractivity contribution >= 4 is 16.8 Å². The molecular weight excluding hydrogens is 182 g/mol. The maximum absolute atomic E-state index is 9.07. The van der Waals surface area contributed by atoms with Gasteiger partial charge in [0.05, 0.1) is 12.0 Å². The van der Waals surface area contributed by atoms with Gasteiger partial charge in [0.1, 0.15) is 0 Å². The van der Waals surface area contributed by atoms with Crippen molar-refractivity contribution in [2.24, 2.45) is 0 Å².